The lowest BCUT2D eigenvalue weighted by molar-refractivity contribution is -0.113. The molecule has 2 aliphatic heterocycles. The number of fused-ring (bicyclic) bond motifs is 2. The molecule has 0 atom stereocenters. The van der Waals surface area contributed by atoms with Gasteiger partial charge in [-0.15, -0.1) is 0 Å². The first-order valence-electron chi connectivity index (χ1n) is 14.3. The highest BCUT2D eigenvalue weighted by atomic mass is 32.2. The zero-order valence-corrected chi connectivity index (χ0v) is 25.0. The molecule has 0 radical (unpaired) electrons. The molecule has 6 nitrogen and oxygen atoms in total. The highest BCUT2D eigenvalue weighted by Crippen LogP contribution is 2.48. The second-order valence-electron chi connectivity index (χ2n) is 10.7. The van der Waals surface area contributed by atoms with Gasteiger partial charge in [-0.05, 0) is 72.3 Å². The van der Waals surface area contributed by atoms with Gasteiger partial charge in [-0.2, -0.15) is 0 Å². The lowest BCUT2D eigenvalue weighted by atomic mass is 10.1. The summed E-state index contributed by atoms with van der Waals surface area (Å²) < 4.78 is 0. The SMILES string of the molecule is CN(C)c1ccc(/C=C2\N=C(c3ccccc3)N(c3ccc(C(=O)N4c5ccccc5Sc5ccccc54)cc3)C2=O)cc1. The Morgan fingerprint density at radius 2 is 1.32 bits per heavy atom. The molecule has 0 saturated heterocycles. The summed E-state index contributed by atoms with van der Waals surface area (Å²) in [5.74, 6) is 0.181. The molecule has 44 heavy (non-hydrogen) atoms. The third-order valence-corrected chi connectivity index (χ3v) is 8.74. The summed E-state index contributed by atoms with van der Waals surface area (Å²) >= 11 is 1.66. The van der Waals surface area contributed by atoms with Gasteiger partial charge in [-0.25, -0.2) is 4.99 Å². The first-order valence-corrected chi connectivity index (χ1v) is 15.1. The van der Waals surface area contributed by atoms with E-state index in [1.807, 2.05) is 140 Å². The third kappa shape index (κ3) is 4.97. The molecular formula is C37H28N4O2S. The van der Waals surface area contributed by atoms with Crippen LogP contribution in [-0.4, -0.2) is 31.7 Å². The van der Waals surface area contributed by atoms with Gasteiger partial charge >= 0.3 is 0 Å². The van der Waals surface area contributed by atoms with Crippen molar-refractivity contribution in [2.24, 2.45) is 4.99 Å². The van der Waals surface area contributed by atoms with E-state index < -0.39 is 0 Å². The quantitative estimate of drug-likeness (QED) is 0.194. The van der Waals surface area contributed by atoms with Crippen LogP contribution >= 0.6 is 11.8 Å². The van der Waals surface area contributed by atoms with Crippen LogP contribution in [0, 0.1) is 0 Å². The molecule has 0 aromatic heterocycles. The minimum atomic E-state index is -0.226. The van der Waals surface area contributed by atoms with Crippen LogP contribution in [0.5, 0.6) is 0 Å². The first kappa shape index (κ1) is 27.4. The standard InChI is InChI=1S/C37H28N4O2S/c1-39(2)28-20-16-25(17-21-28)24-30-37(43)40(35(38-30)26-10-4-3-5-11-26)29-22-18-27(19-23-29)36(42)41-31-12-6-8-14-33(31)44-34-15-9-7-13-32(34)41/h3-24H,1-2H3/b30-24-. The Balaban J connectivity index is 1.23. The number of amidine groups is 1. The van der Waals surface area contributed by atoms with Crippen LogP contribution in [0.1, 0.15) is 21.5 Å². The van der Waals surface area contributed by atoms with Crippen LogP contribution in [0.15, 0.2) is 148 Å². The van der Waals surface area contributed by atoms with Gasteiger partial charge in [0.05, 0.1) is 17.1 Å². The summed E-state index contributed by atoms with van der Waals surface area (Å²) in [5.41, 5.74) is 6.00. The lowest BCUT2D eigenvalue weighted by Crippen LogP contribution is -2.33. The number of hydrogen-bond donors (Lipinski definition) is 0. The molecular weight excluding hydrogens is 565 g/mol. The Morgan fingerprint density at radius 3 is 1.93 bits per heavy atom. The van der Waals surface area contributed by atoms with Gasteiger partial charge in [-0.1, -0.05) is 78.5 Å². The van der Waals surface area contributed by atoms with Crippen molar-refractivity contribution in [1.29, 1.82) is 0 Å². The van der Waals surface area contributed by atoms with Crippen molar-refractivity contribution in [2.45, 2.75) is 9.79 Å². The van der Waals surface area contributed by atoms with E-state index in [0.29, 0.717) is 22.8 Å². The smallest absolute Gasteiger partial charge is 0.282 e. The van der Waals surface area contributed by atoms with Crippen molar-refractivity contribution in [3.8, 4) is 0 Å². The minimum Gasteiger partial charge on any atom is -0.378 e. The maximum Gasteiger partial charge on any atom is 0.282 e. The molecule has 0 spiro atoms. The fraction of sp³-hybridized carbons (Fsp3) is 0.0541. The Labute approximate surface area is 260 Å². The Hall–Kier alpha value is -5.40. The average molecular weight is 593 g/mol. The van der Waals surface area contributed by atoms with E-state index >= 15 is 0 Å². The van der Waals surface area contributed by atoms with Crippen LogP contribution in [0.25, 0.3) is 6.08 Å². The van der Waals surface area contributed by atoms with E-state index in [9.17, 15) is 9.59 Å². The molecule has 0 saturated carbocycles. The van der Waals surface area contributed by atoms with Crippen molar-refractivity contribution >= 4 is 58.2 Å². The van der Waals surface area contributed by atoms with E-state index in [4.69, 9.17) is 4.99 Å². The van der Waals surface area contributed by atoms with Gasteiger partial charge in [0.2, 0.25) is 0 Å². The number of aliphatic imine (C=N–C) groups is 1. The topological polar surface area (TPSA) is 56.2 Å². The number of carbonyl (C=O) groups is 2. The molecule has 0 fully saturated rings. The number of nitrogens with zero attached hydrogens (tertiary/aromatic N) is 4. The normalized spacial score (nSPS) is 14.7. The van der Waals surface area contributed by atoms with Gasteiger partial charge in [0.15, 0.2) is 0 Å². The lowest BCUT2D eigenvalue weighted by Gasteiger charge is -2.31. The van der Waals surface area contributed by atoms with Crippen LogP contribution in [0.3, 0.4) is 0 Å². The zero-order chi connectivity index (χ0) is 30.2. The van der Waals surface area contributed by atoms with Crippen molar-refractivity contribution in [1.82, 2.24) is 0 Å². The predicted octanol–water partition coefficient (Wildman–Crippen LogP) is 8.03. The van der Waals surface area contributed by atoms with Crippen LogP contribution in [-0.2, 0) is 4.79 Å². The minimum absolute atomic E-state index is 0.136. The average Bonchev–Trinajstić information content (AvgIpc) is 3.39. The van der Waals surface area contributed by atoms with E-state index in [-0.39, 0.29) is 11.8 Å². The molecule has 7 rings (SSSR count). The van der Waals surface area contributed by atoms with Crippen molar-refractivity contribution in [2.75, 3.05) is 28.8 Å². The second-order valence-corrected chi connectivity index (χ2v) is 11.8. The highest BCUT2D eigenvalue weighted by molar-refractivity contribution is 7.99. The van der Waals surface area contributed by atoms with Crippen LogP contribution in [0.4, 0.5) is 22.7 Å². The summed E-state index contributed by atoms with van der Waals surface area (Å²) in [6.07, 6.45) is 1.81. The largest absolute Gasteiger partial charge is 0.378 e. The molecule has 7 heteroatoms. The number of benzene rings is 5. The molecule has 0 bridgehead atoms. The van der Waals surface area contributed by atoms with Gasteiger partial charge in [-0.3, -0.25) is 19.4 Å². The number of hydrogen-bond acceptors (Lipinski definition) is 5. The van der Waals surface area contributed by atoms with E-state index in [2.05, 4.69) is 0 Å². The fourth-order valence-corrected chi connectivity index (χ4v) is 6.43. The molecule has 0 N–H and O–H groups in total. The molecule has 2 amide bonds. The molecule has 0 aliphatic carbocycles. The van der Waals surface area contributed by atoms with Gasteiger partial charge in [0, 0.05) is 40.7 Å². The van der Waals surface area contributed by atoms with Gasteiger partial charge < -0.3 is 4.90 Å². The van der Waals surface area contributed by atoms with Crippen LogP contribution in [0.2, 0.25) is 0 Å². The molecule has 0 unspecified atom stereocenters. The van der Waals surface area contributed by atoms with Gasteiger partial charge in [0.25, 0.3) is 11.8 Å². The zero-order valence-electron chi connectivity index (χ0n) is 24.2. The Bertz CT molecular complexity index is 1900. The monoisotopic (exact) mass is 592 g/mol. The third-order valence-electron chi connectivity index (χ3n) is 7.61. The van der Waals surface area contributed by atoms with E-state index in [1.165, 1.54) is 0 Å². The molecule has 2 aliphatic rings. The number of para-hydroxylation sites is 2. The second kappa shape index (κ2) is 11.4. The fourth-order valence-electron chi connectivity index (χ4n) is 5.37. The molecule has 214 valence electrons. The summed E-state index contributed by atoms with van der Waals surface area (Å²) in [6.45, 7) is 0. The Kier molecular flexibility index (Phi) is 7.08. The molecule has 5 aromatic rings. The van der Waals surface area contributed by atoms with Crippen molar-refractivity contribution < 1.29 is 9.59 Å². The van der Waals surface area contributed by atoms with E-state index in [0.717, 1.165) is 38.0 Å². The van der Waals surface area contributed by atoms with E-state index in [1.54, 1.807) is 33.7 Å². The summed E-state index contributed by atoms with van der Waals surface area (Å²) in [5, 5.41) is 0. The maximum absolute atomic E-state index is 14.0. The number of anilines is 4. The van der Waals surface area contributed by atoms with Crippen LogP contribution < -0.4 is 14.7 Å². The predicted molar refractivity (Wildman–Crippen MR) is 179 cm³/mol. The number of carbonyl (C=O) groups excluding carboxylic acids is 2. The molecule has 2 heterocycles. The first-order chi connectivity index (χ1) is 21.5. The number of amides is 2. The summed E-state index contributed by atoms with van der Waals surface area (Å²) in [4.78, 5) is 40.2. The Morgan fingerprint density at radius 1 is 0.727 bits per heavy atom. The summed E-state index contributed by atoms with van der Waals surface area (Å²) in [6, 6.07) is 40.7. The molecule has 5 aromatic carbocycles. The summed E-state index contributed by atoms with van der Waals surface area (Å²) in [7, 11) is 3.98. The van der Waals surface area contributed by atoms with Crippen molar-refractivity contribution in [3.05, 3.63) is 150 Å². The van der Waals surface area contributed by atoms with Crippen molar-refractivity contribution in [3.63, 3.8) is 0 Å². The maximum atomic E-state index is 14.0. The van der Waals surface area contributed by atoms with Gasteiger partial charge in [0.1, 0.15) is 11.5 Å². The number of rotatable bonds is 5. The highest BCUT2D eigenvalue weighted by Gasteiger charge is 2.33.